The summed E-state index contributed by atoms with van der Waals surface area (Å²) >= 11 is 0. The molecule has 1 fully saturated rings. The molecule has 3 heterocycles. The summed E-state index contributed by atoms with van der Waals surface area (Å²) in [6.45, 7) is 12.5. The van der Waals surface area contributed by atoms with E-state index in [-0.39, 0.29) is 37.4 Å². The average Bonchev–Trinajstić information content (AvgIpc) is 3.87. The number of methoxy groups -OCH3 is 1. The first-order valence-corrected chi connectivity index (χ1v) is 20.1. The third-order valence-electron chi connectivity index (χ3n) is 10.7. The first-order chi connectivity index (χ1) is 28.2. The van der Waals surface area contributed by atoms with Crippen LogP contribution in [0.25, 0.3) is 5.69 Å². The van der Waals surface area contributed by atoms with E-state index < -0.39 is 41.6 Å². The van der Waals surface area contributed by atoms with Crippen LogP contribution in [-0.2, 0) is 33.8 Å². The number of nitrogens with zero attached hydrogens (tertiary/aromatic N) is 6. The Kier molecular flexibility index (Phi) is 15.2. The molecule has 0 saturated carbocycles. The largest absolute Gasteiger partial charge is 0.453 e. The number of nitrogens with one attached hydrogen (secondary N) is 3. The fourth-order valence-corrected chi connectivity index (χ4v) is 7.22. The molecule has 0 aliphatic carbocycles. The number of ether oxygens (including phenoxy) is 1. The summed E-state index contributed by atoms with van der Waals surface area (Å²) in [6, 6.07) is 20.1. The van der Waals surface area contributed by atoms with Crippen molar-refractivity contribution in [1.29, 1.82) is 0 Å². The maximum Gasteiger partial charge on any atom is 0.407 e. The number of aliphatic hydroxyl groups is 1. The van der Waals surface area contributed by atoms with Crippen LogP contribution in [0.2, 0.25) is 0 Å². The SMILES string of the molecule is CCC(C)C(C(=O)NC(Cc1ccccc1)C(O)CN(Cc1ccc(-n2ccnc2)cc1)NC(=O)C(NC(=O)OC)C(C)(C)C)N1CCN(Cc2cccc(C)n2)C1=O. The number of amides is 5. The topological polar surface area (TPSA) is 174 Å². The predicted molar refractivity (Wildman–Crippen MR) is 224 cm³/mol. The Morgan fingerprint density at radius 3 is 2.31 bits per heavy atom. The van der Waals surface area contributed by atoms with Crippen molar-refractivity contribution >= 4 is 23.9 Å². The minimum Gasteiger partial charge on any atom is -0.453 e. The Morgan fingerprint density at radius 1 is 0.949 bits per heavy atom. The highest BCUT2D eigenvalue weighted by atomic mass is 16.5. The van der Waals surface area contributed by atoms with E-state index in [0.717, 1.165) is 28.2 Å². The van der Waals surface area contributed by atoms with Gasteiger partial charge in [0.1, 0.15) is 12.1 Å². The zero-order valence-electron chi connectivity index (χ0n) is 35.2. The molecular weight excluding hydrogens is 751 g/mol. The van der Waals surface area contributed by atoms with Crippen molar-refractivity contribution in [3.05, 3.63) is 114 Å². The van der Waals surface area contributed by atoms with Crippen molar-refractivity contribution in [3.63, 3.8) is 0 Å². The van der Waals surface area contributed by atoms with Crippen LogP contribution in [0.15, 0.2) is 91.5 Å². The molecule has 0 spiro atoms. The van der Waals surface area contributed by atoms with E-state index in [1.54, 1.807) is 27.3 Å². The van der Waals surface area contributed by atoms with Crippen LogP contribution in [0.3, 0.4) is 0 Å². The lowest BCUT2D eigenvalue weighted by atomic mass is 9.86. The van der Waals surface area contributed by atoms with E-state index >= 15 is 0 Å². The summed E-state index contributed by atoms with van der Waals surface area (Å²) in [4.78, 5) is 66.8. The van der Waals surface area contributed by atoms with E-state index in [1.165, 1.54) is 7.11 Å². The number of benzene rings is 2. The normalized spacial score (nSPS) is 15.6. The number of aliphatic hydroxyl groups excluding tert-OH is 1. The number of urea groups is 1. The molecule has 316 valence electrons. The monoisotopic (exact) mass is 809 g/mol. The minimum absolute atomic E-state index is 0.101. The van der Waals surface area contributed by atoms with Crippen LogP contribution in [0.4, 0.5) is 9.59 Å². The molecular formula is C44H59N9O6. The van der Waals surface area contributed by atoms with Crippen molar-refractivity contribution < 1.29 is 29.0 Å². The first-order valence-electron chi connectivity index (χ1n) is 20.1. The van der Waals surface area contributed by atoms with Gasteiger partial charge >= 0.3 is 12.1 Å². The van der Waals surface area contributed by atoms with Crippen molar-refractivity contribution in [3.8, 4) is 5.69 Å². The number of hydrogen-bond donors (Lipinski definition) is 4. The second kappa shape index (κ2) is 20.3. The number of hydrazine groups is 1. The van der Waals surface area contributed by atoms with E-state index in [0.29, 0.717) is 26.1 Å². The molecule has 4 N–H and O–H groups in total. The summed E-state index contributed by atoms with van der Waals surface area (Å²) in [7, 11) is 1.23. The number of alkyl carbamates (subject to hydrolysis) is 1. The van der Waals surface area contributed by atoms with Gasteiger partial charge < -0.3 is 34.8 Å². The highest BCUT2D eigenvalue weighted by Crippen LogP contribution is 2.24. The zero-order valence-corrected chi connectivity index (χ0v) is 35.2. The summed E-state index contributed by atoms with van der Waals surface area (Å²) in [6.07, 6.45) is 4.18. The number of pyridine rings is 1. The number of carbonyl (C=O) groups excluding carboxylic acids is 4. The van der Waals surface area contributed by atoms with Gasteiger partial charge in [-0.05, 0) is 60.1 Å². The van der Waals surface area contributed by atoms with E-state index in [9.17, 15) is 24.3 Å². The van der Waals surface area contributed by atoms with Crippen molar-refractivity contribution in [1.82, 2.24) is 45.4 Å². The highest BCUT2D eigenvalue weighted by Gasteiger charge is 2.41. The van der Waals surface area contributed by atoms with E-state index in [4.69, 9.17) is 4.74 Å². The van der Waals surface area contributed by atoms with Gasteiger partial charge in [-0.3, -0.25) is 20.0 Å². The average molecular weight is 810 g/mol. The summed E-state index contributed by atoms with van der Waals surface area (Å²) < 4.78 is 6.69. The Bertz CT molecular complexity index is 1990. The molecule has 1 aliphatic rings. The number of hydrogen-bond acceptors (Lipinski definition) is 9. The standard InChI is InChI=1S/C44H59N9O6/c1-8-30(2)38(53-24-23-50(43(53)58)27-34-16-12-13-31(3)46-34)40(55)47-36(25-32-14-10-9-11-15-32)37(54)28-52(49-41(56)39(44(4,5)6)48-42(57)59-7)26-33-17-19-35(20-18-33)51-22-21-45-29-51/h9-22,29-30,36-39,54H,8,23-28H2,1-7H3,(H,47,55)(H,48,57)(H,49,56). The third kappa shape index (κ3) is 12.1. The second-order valence-corrected chi connectivity index (χ2v) is 16.3. The molecule has 0 radical (unpaired) electrons. The van der Waals surface area contributed by atoms with Crippen LogP contribution in [0.5, 0.6) is 0 Å². The Labute approximate surface area is 347 Å². The van der Waals surface area contributed by atoms with Crippen molar-refractivity contribution in [2.24, 2.45) is 11.3 Å². The smallest absolute Gasteiger partial charge is 0.407 e. The Hall–Kier alpha value is -5.80. The van der Waals surface area contributed by atoms with Gasteiger partial charge in [0.2, 0.25) is 5.91 Å². The van der Waals surface area contributed by atoms with Crippen molar-refractivity contribution in [2.45, 2.75) is 91.7 Å². The van der Waals surface area contributed by atoms with Gasteiger partial charge in [-0.2, -0.15) is 0 Å². The molecule has 0 bridgehead atoms. The highest BCUT2D eigenvalue weighted by molar-refractivity contribution is 5.88. The Morgan fingerprint density at radius 2 is 1.68 bits per heavy atom. The van der Waals surface area contributed by atoms with Gasteiger partial charge in [0.15, 0.2) is 0 Å². The molecule has 5 amide bonds. The summed E-state index contributed by atoms with van der Waals surface area (Å²) in [5.41, 5.74) is 6.48. The molecule has 15 heteroatoms. The molecule has 4 aromatic rings. The first kappa shape index (κ1) is 44.3. The molecule has 59 heavy (non-hydrogen) atoms. The molecule has 15 nitrogen and oxygen atoms in total. The number of aryl methyl sites for hydroxylation is 1. The molecule has 5 atom stereocenters. The fraction of sp³-hybridized carbons (Fsp3) is 0.455. The van der Waals surface area contributed by atoms with E-state index in [2.05, 4.69) is 26.0 Å². The van der Waals surface area contributed by atoms with Crippen LogP contribution in [0, 0.1) is 18.3 Å². The fourth-order valence-electron chi connectivity index (χ4n) is 7.22. The van der Waals surface area contributed by atoms with Gasteiger partial charge in [0.25, 0.3) is 5.91 Å². The van der Waals surface area contributed by atoms with Gasteiger partial charge in [0.05, 0.1) is 37.8 Å². The number of carbonyl (C=O) groups is 4. The molecule has 2 aromatic heterocycles. The maximum atomic E-state index is 14.5. The molecule has 1 aliphatic heterocycles. The molecule has 5 unspecified atom stereocenters. The van der Waals surface area contributed by atoms with Crippen LogP contribution >= 0.6 is 0 Å². The zero-order chi connectivity index (χ0) is 42.7. The van der Waals surface area contributed by atoms with Crippen molar-refractivity contribution in [2.75, 3.05) is 26.7 Å². The van der Waals surface area contributed by atoms with Gasteiger partial charge in [-0.25, -0.2) is 19.6 Å². The Balaban J connectivity index is 1.41. The van der Waals surface area contributed by atoms with Crippen LogP contribution < -0.4 is 16.1 Å². The van der Waals surface area contributed by atoms with Crippen LogP contribution in [-0.4, -0.2) is 109 Å². The number of aromatic nitrogens is 3. The third-order valence-corrected chi connectivity index (χ3v) is 10.7. The lowest BCUT2D eigenvalue weighted by Gasteiger charge is -2.36. The molecule has 1 saturated heterocycles. The van der Waals surface area contributed by atoms with Crippen LogP contribution in [0.1, 0.15) is 63.6 Å². The maximum absolute atomic E-state index is 14.5. The number of rotatable bonds is 18. The predicted octanol–water partition coefficient (Wildman–Crippen LogP) is 4.62. The van der Waals surface area contributed by atoms with E-state index in [1.807, 2.05) is 125 Å². The molecule has 5 rings (SSSR count). The summed E-state index contributed by atoms with van der Waals surface area (Å²) in [5, 5.41) is 19.5. The second-order valence-electron chi connectivity index (χ2n) is 16.3. The van der Waals surface area contributed by atoms with Gasteiger partial charge in [-0.15, -0.1) is 0 Å². The quantitative estimate of drug-likeness (QED) is 0.105. The van der Waals surface area contributed by atoms with Gasteiger partial charge in [-0.1, -0.05) is 89.6 Å². The number of imidazole rings is 1. The summed E-state index contributed by atoms with van der Waals surface area (Å²) in [5.74, 6) is -1.07. The van der Waals surface area contributed by atoms with Gasteiger partial charge in [0, 0.05) is 50.0 Å². The minimum atomic E-state index is -1.21. The lowest BCUT2D eigenvalue weighted by molar-refractivity contribution is -0.132. The molecule has 2 aromatic carbocycles. The lowest BCUT2D eigenvalue weighted by Crippen LogP contribution is -2.60.